The molecule has 0 bridgehead atoms. The Morgan fingerprint density at radius 2 is 1.96 bits per heavy atom. The predicted molar refractivity (Wildman–Crippen MR) is 83.3 cm³/mol. The summed E-state index contributed by atoms with van der Waals surface area (Å²) in [5.41, 5.74) is 0.757. The zero-order valence-electron chi connectivity index (χ0n) is 13.3. The average Bonchev–Trinajstić information content (AvgIpc) is 3.10. The van der Waals surface area contributed by atoms with Gasteiger partial charge in [0.25, 0.3) is 0 Å². The Morgan fingerprint density at radius 1 is 1.17 bits per heavy atom. The molecule has 2 fully saturated rings. The third-order valence-corrected chi connectivity index (χ3v) is 4.63. The van der Waals surface area contributed by atoms with E-state index in [1.165, 1.54) is 0 Å². The maximum atomic E-state index is 11.9. The van der Waals surface area contributed by atoms with Crippen LogP contribution < -0.4 is 4.90 Å². The fraction of sp³-hybridized carbons (Fsp3) is 0.600. The first-order chi connectivity index (χ1) is 11.1. The molecule has 2 aliphatic heterocycles. The van der Waals surface area contributed by atoms with Crippen LogP contribution in [0.1, 0.15) is 19.2 Å². The van der Waals surface area contributed by atoms with Gasteiger partial charge in [-0.3, -0.25) is 9.69 Å². The van der Waals surface area contributed by atoms with Gasteiger partial charge >= 0.3 is 5.97 Å². The van der Waals surface area contributed by atoms with Crippen LogP contribution in [-0.2, 0) is 9.53 Å². The van der Waals surface area contributed by atoms with Gasteiger partial charge in [-0.2, -0.15) is 4.52 Å². The Labute approximate surface area is 134 Å². The minimum absolute atomic E-state index is 0.0336. The summed E-state index contributed by atoms with van der Waals surface area (Å²) in [6, 6.07) is 3.83. The van der Waals surface area contributed by atoms with Gasteiger partial charge in [0.1, 0.15) is 18.0 Å². The van der Waals surface area contributed by atoms with E-state index in [1.54, 1.807) is 4.52 Å². The number of esters is 1. The molecule has 0 amide bonds. The summed E-state index contributed by atoms with van der Waals surface area (Å²) in [4.78, 5) is 16.3. The minimum Gasteiger partial charge on any atom is -0.461 e. The van der Waals surface area contributed by atoms with Crippen LogP contribution in [0.15, 0.2) is 12.1 Å². The highest BCUT2D eigenvalue weighted by atomic mass is 16.6. The summed E-state index contributed by atoms with van der Waals surface area (Å²) >= 11 is 0. The van der Waals surface area contributed by atoms with Gasteiger partial charge in [0.15, 0.2) is 11.5 Å². The summed E-state index contributed by atoms with van der Waals surface area (Å²) in [6.45, 7) is 7.22. The molecule has 122 valence electrons. The van der Waals surface area contributed by atoms with Crippen molar-refractivity contribution in [1.29, 1.82) is 0 Å². The fourth-order valence-electron chi connectivity index (χ4n) is 3.35. The van der Waals surface area contributed by atoms with Crippen molar-refractivity contribution >= 4 is 17.4 Å². The van der Waals surface area contributed by atoms with E-state index in [2.05, 4.69) is 25.1 Å². The van der Waals surface area contributed by atoms with Crippen LogP contribution >= 0.6 is 0 Å². The van der Waals surface area contributed by atoms with Crippen LogP contribution in [0.4, 0.5) is 5.82 Å². The third-order valence-electron chi connectivity index (χ3n) is 4.63. The summed E-state index contributed by atoms with van der Waals surface area (Å²) in [5.74, 6) is 1.62. The zero-order chi connectivity index (χ0) is 16.0. The summed E-state index contributed by atoms with van der Waals surface area (Å²) in [7, 11) is 0. The number of aryl methyl sites for hydroxylation is 1. The number of hydrogen-bond donors (Lipinski definition) is 0. The van der Waals surface area contributed by atoms with Gasteiger partial charge in [-0.05, 0) is 26.0 Å². The second-order valence-corrected chi connectivity index (χ2v) is 6.23. The Bertz CT molecular complexity index is 737. The number of carbonyl (C=O) groups excluding carboxylic acids is 1. The average molecular weight is 316 g/mol. The van der Waals surface area contributed by atoms with Crippen LogP contribution in [-0.4, -0.2) is 69.0 Å². The highest BCUT2D eigenvalue weighted by Gasteiger charge is 2.37. The maximum absolute atomic E-state index is 11.9. The van der Waals surface area contributed by atoms with Crippen LogP contribution in [0.5, 0.6) is 0 Å². The molecular formula is C15H20N6O2. The van der Waals surface area contributed by atoms with E-state index in [9.17, 15) is 4.79 Å². The number of piperazine rings is 1. The SMILES string of the molecule is Cc1nnc2ccc(N3CCN([C@H]4C[C@H](C)OC4=O)CC3)nn12. The number of carbonyl (C=O) groups is 1. The molecule has 8 heteroatoms. The molecule has 4 rings (SSSR count). The third kappa shape index (κ3) is 2.52. The van der Waals surface area contributed by atoms with Crippen molar-refractivity contribution in [2.24, 2.45) is 0 Å². The second-order valence-electron chi connectivity index (χ2n) is 6.23. The van der Waals surface area contributed by atoms with Gasteiger partial charge in [-0.25, -0.2) is 0 Å². The first-order valence-electron chi connectivity index (χ1n) is 8.00. The smallest absolute Gasteiger partial charge is 0.323 e. The maximum Gasteiger partial charge on any atom is 0.323 e. The Balaban J connectivity index is 1.46. The van der Waals surface area contributed by atoms with Crippen molar-refractivity contribution in [1.82, 2.24) is 24.7 Å². The lowest BCUT2D eigenvalue weighted by molar-refractivity contribution is -0.144. The van der Waals surface area contributed by atoms with Crippen molar-refractivity contribution in [3.8, 4) is 0 Å². The highest BCUT2D eigenvalue weighted by Crippen LogP contribution is 2.22. The van der Waals surface area contributed by atoms with Crippen molar-refractivity contribution in [2.75, 3.05) is 31.1 Å². The largest absolute Gasteiger partial charge is 0.461 e. The van der Waals surface area contributed by atoms with Gasteiger partial charge in [-0.15, -0.1) is 15.3 Å². The number of fused-ring (bicyclic) bond motifs is 1. The normalized spacial score (nSPS) is 26.0. The molecule has 0 radical (unpaired) electrons. The number of ether oxygens (including phenoxy) is 1. The van der Waals surface area contributed by atoms with E-state index in [0.717, 1.165) is 49.9 Å². The number of hydrogen-bond acceptors (Lipinski definition) is 7. The molecule has 2 aromatic rings. The van der Waals surface area contributed by atoms with E-state index in [1.807, 2.05) is 26.0 Å². The van der Waals surface area contributed by atoms with Crippen molar-refractivity contribution in [3.63, 3.8) is 0 Å². The number of nitrogens with zero attached hydrogens (tertiary/aromatic N) is 6. The molecule has 0 N–H and O–H groups in total. The van der Waals surface area contributed by atoms with Crippen molar-refractivity contribution in [3.05, 3.63) is 18.0 Å². The lowest BCUT2D eigenvalue weighted by atomic mass is 10.1. The Morgan fingerprint density at radius 3 is 2.65 bits per heavy atom. The first-order valence-corrected chi connectivity index (χ1v) is 8.00. The lowest BCUT2D eigenvalue weighted by Gasteiger charge is -2.37. The molecule has 8 nitrogen and oxygen atoms in total. The van der Waals surface area contributed by atoms with Gasteiger partial charge < -0.3 is 9.64 Å². The molecule has 2 saturated heterocycles. The fourth-order valence-corrected chi connectivity index (χ4v) is 3.35. The van der Waals surface area contributed by atoms with Crippen molar-refractivity contribution in [2.45, 2.75) is 32.4 Å². The summed E-state index contributed by atoms with van der Waals surface area (Å²) in [5, 5.41) is 12.7. The molecular weight excluding hydrogens is 296 g/mol. The van der Waals surface area contributed by atoms with Crippen molar-refractivity contribution < 1.29 is 9.53 Å². The van der Waals surface area contributed by atoms with Gasteiger partial charge in [0, 0.05) is 32.6 Å². The number of rotatable bonds is 2. The van der Waals surface area contributed by atoms with E-state index >= 15 is 0 Å². The number of aromatic nitrogens is 4. The molecule has 0 spiro atoms. The van der Waals surface area contributed by atoms with E-state index < -0.39 is 0 Å². The van der Waals surface area contributed by atoms with Crippen LogP contribution in [0.25, 0.3) is 5.65 Å². The molecule has 0 unspecified atom stereocenters. The van der Waals surface area contributed by atoms with E-state index in [-0.39, 0.29) is 18.1 Å². The summed E-state index contributed by atoms with van der Waals surface area (Å²) < 4.78 is 7.03. The number of cyclic esters (lactones) is 1. The highest BCUT2D eigenvalue weighted by molar-refractivity contribution is 5.78. The van der Waals surface area contributed by atoms with Crippen LogP contribution in [0.3, 0.4) is 0 Å². The van der Waals surface area contributed by atoms with Crippen LogP contribution in [0, 0.1) is 6.92 Å². The van der Waals surface area contributed by atoms with Crippen LogP contribution in [0.2, 0.25) is 0 Å². The summed E-state index contributed by atoms with van der Waals surface area (Å²) in [6.07, 6.45) is 0.828. The lowest BCUT2D eigenvalue weighted by Crippen LogP contribution is -2.52. The Hall–Kier alpha value is -2.22. The second kappa shape index (κ2) is 5.45. The predicted octanol–water partition coefficient (Wildman–Crippen LogP) is 0.259. The Kier molecular flexibility index (Phi) is 3.41. The quantitative estimate of drug-likeness (QED) is 0.736. The first kappa shape index (κ1) is 14.4. The molecule has 2 aromatic heterocycles. The van der Waals surface area contributed by atoms with Gasteiger partial charge in [0.2, 0.25) is 0 Å². The topological polar surface area (TPSA) is 75.9 Å². The monoisotopic (exact) mass is 316 g/mol. The minimum atomic E-state index is -0.0808. The van der Waals surface area contributed by atoms with Gasteiger partial charge in [0.05, 0.1) is 0 Å². The van der Waals surface area contributed by atoms with E-state index in [4.69, 9.17) is 4.74 Å². The molecule has 23 heavy (non-hydrogen) atoms. The zero-order valence-corrected chi connectivity index (χ0v) is 13.3. The standard InChI is InChI=1S/C15H20N6O2/c1-10-9-12(15(22)23-10)19-5-7-20(8-6-19)14-4-3-13-17-16-11(2)21(13)18-14/h3-4,10,12H,5-9H2,1-2H3/t10-,12-/m0/s1. The molecule has 0 aromatic carbocycles. The molecule has 2 atom stereocenters. The van der Waals surface area contributed by atoms with Gasteiger partial charge in [-0.1, -0.05) is 0 Å². The molecule has 0 aliphatic carbocycles. The van der Waals surface area contributed by atoms with E-state index in [0.29, 0.717) is 0 Å². The molecule has 4 heterocycles. The number of anilines is 1. The molecule has 0 saturated carbocycles. The molecule has 2 aliphatic rings.